The van der Waals surface area contributed by atoms with E-state index in [1.165, 1.54) is 0 Å². The Balaban J connectivity index is 1.42. The number of ether oxygens (including phenoxy) is 3. The summed E-state index contributed by atoms with van der Waals surface area (Å²) in [5.41, 5.74) is 3.86. The van der Waals surface area contributed by atoms with Crippen molar-refractivity contribution in [3.05, 3.63) is 71.0 Å². The Morgan fingerprint density at radius 2 is 1.88 bits per heavy atom. The van der Waals surface area contributed by atoms with E-state index in [1.54, 1.807) is 37.1 Å². The Hall–Kier alpha value is -3.81. The van der Waals surface area contributed by atoms with Crippen molar-refractivity contribution in [1.82, 2.24) is 15.1 Å². The van der Waals surface area contributed by atoms with E-state index in [2.05, 4.69) is 10.4 Å². The molecule has 0 fully saturated rings. The third-order valence-electron chi connectivity index (χ3n) is 5.74. The largest absolute Gasteiger partial charge is 0.497 e. The molecule has 4 rings (SSSR count). The Labute approximate surface area is 192 Å². The molecule has 0 saturated carbocycles. The number of hydrogen-bond acceptors (Lipinski definition) is 6. The second-order valence-electron chi connectivity index (χ2n) is 7.85. The van der Waals surface area contributed by atoms with Crippen molar-refractivity contribution in [2.24, 2.45) is 0 Å². The van der Waals surface area contributed by atoms with Gasteiger partial charge in [-0.15, -0.1) is 0 Å². The molecule has 1 N–H and O–H groups in total. The molecule has 1 aliphatic rings. The number of carbonyl (C=O) groups is 2. The van der Waals surface area contributed by atoms with Crippen LogP contribution in [0.4, 0.5) is 0 Å². The molecule has 1 atom stereocenters. The molecule has 3 aromatic rings. The minimum Gasteiger partial charge on any atom is -0.497 e. The van der Waals surface area contributed by atoms with Gasteiger partial charge in [0.25, 0.3) is 5.91 Å². The van der Waals surface area contributed by atoms with Crippen LogP contribution in [0.15, 0.2) is 48.5 Å². The van der Waals surface area contributed by atoms with Gasteiger partial charge in [-0.05, 0) is 56.5 Å². The van der Waals surface area contributed by atoms with Gasteiger partial charge in [0.05, 0.1) is 25.9 Å². The highest BCUT2D eigenvalue weighted by atomic mass is 16.5. The molecule has 2 aromatic carbocycles. The van der Waals surface area contributed by atoms with Crippen LogP contribution in [0, 0.1) is 0 Å². The summed E-state index contributed by atoms with van der Waals surface area (Å²) in [4.78, 5) is 25.3. The molecule has 8 nitrogen and oxygen atoms in total. The van der Waals surface area contributed by atoms with E-state index in [1.807, 2.05) is 37.3 Å². The maximum absolute atomic E-state index is 12.8. The van der Waals surface area contributed by atoms with Gasteiger partial charge >= 0.3 is 5.97 Å². The highest BCUT2D eigenvalue weighted by Crippen LogP contribution is 2.30. The van der Waals surface area contributed by atoms with Gasteiger partial charge in [0, 0.05) is 16.8 Å². The molecule has 0 spiro atoms. The molecule has 172 valence electrons. The molecule has 1 unspecified atom stereocenters. The molecule has 1 heterocycles. The minimum atomic E-state index is -0.593. The van der Waals surface area contributed by atoms with Crippen molar-refractivity contribution >= 4 is 11.9 Å². The van der Waals surface area contributed by atoms with Crippen molar-refractivity contribution in [2.75, 3.05) is 20.8 Å². The van der Waals surface area contributed by atoms with Gasteiger partial charge in [-0.25, -0.2) is 9.48 Å². The van der Waals surface area contributed by atoms with E-state index < -0.39 is 18.5 Å². The quantitative estimate of drug-likeness (QED) is 0.530. The first-order valence-electron chi connectivity index (χ1n) is 10.9. The molecule has 0 radical (unpaired) electrons. The average Bonchev–Trinajstić information content (AvgIpc) is 3.45. The van der Waals surface area contributed by atoms with E-state index in [4.69, 9.17) is 14.2 Å². The summed E-state index contributed by atoms with van der Waals surface area (Å²) < 4.78 is 17.8. The highest BCUT2D eigenvalue weighted by molar-refractivity contribution is 5.91. The molecule has 33 heavy (non-hydrogen) atoms. The normalized spacial score (nSPS) is 13.2. The maximum Gasteiger partial charge on any atom is 0.359 e. The first kappa shape index (κ1) is 22.4. The average molecular weight is 450 g/mol. The molecule has 1 aliphatic carbocycles. The van der Waals surface area contributed by atoms with Gasteiger partial charge in [-0.3, -0.25) is 4.79 Å². The number of hydrogen-bond donors (Lipinski definition) is 1. The smallest absolute Gasteiger partial charge is 0.359 e. The lowest BCUT2D eigenvalue weighted by Gasteiger charge is -2.18. The predicted octanol–water partition coefficient (Wildman–Crippen LogP) is 3.41. The third-order valence-corrected chi connectivity index (χ3v) is 5.74. The van der Waals surface area contributed by atoms with Crippen LogP contribution in [0.25, 0.3) is 5.69 Å². The molecule has 0 saturated heterocycles. The summed E-state index contributed by atoms with van der Waals surface area (Å²) in [5.74, 6) is 0.272. The molecule has 0 bridgehead atoms. The van der Waals surface area contributed by atoms with Crippen molar-refractivity contribution in [1.29, 1.82) is 0 Å². The summed E-state index contributed by atoms with van der Waals surface area (Å²) in [6.07, 6.45) is 2.58. The number of benzene rings is 2. The number of aromatic nitrogens is 2. The fourth-order valence-corrected chi connectivity index (χ4v) is 4.12. The van der Waals surface area contributed by atoms with Crippen LogP contribution in [0.2, 0.25) is 0 Å². The number of rotatable bonds is 8. The van der Waals surface area contributed by atoms with Gasteiger partial charge in [-0.2, -0.15) is 5.10 Å². The Bertz CT molecular complexity index is 1160. The lowest BCUT2D eigenvalue weighted by molar-refractivity contribution is -0.124. The van der Waals surface area contributed by atoms with E-state index in [0.29, 0.717) is 11.5 Å². The van der Waals surface area contributed by atoms with Gasteiger partial charge < -0.3 is 19.5 Å². The number of fused-ring (bicyclic) bond motifs is 1. The zero-order valence-corrected chi connectivity index (χ0v) is 19.0. The van der Waals surface area contributed by atoms with Crippen LogP contribution in [0.1, 0.15) is 46.7 Å². The topological polar surface area (TPSA) is 91.7 Å². The Morgan fingerprint density at radius 1 is 1.09 bits per heavy atom. The highest BCUT2D eigenvalue weighted by Gasteiger charge is 2.28. The zero-order valence-electron chi connectivity index (χ0n) is 19.0. The maximum atomic E-state index is 12.8. The van der Waals surface area contributed by atoms with Crippen molar-refractivity contribution < 1.29 is 23.8 Å². The number of methoxy groups -OCH3 is 2. The van der Waals surface area contributed by atoms with Crippen LogP contribution < -0.4 is 14.8 Å². The fourth-order valence-electron chi connectivity index (χ4n) is 4.12. The summed E-state index contributed by atoms with van der Waals surface area (Å²) >= 11 is 0. The molecule has 1 aromatic heterocycles. The second kappa shape index (κ2) is 9.77. The predicted molar refractivity (Wildman–Crippen MR) is 122 cm³/mol. The van der Waals surface area contributed by atoms with Gasteiger partial charge in [0.15, 0.2) is 12.3 Å². The van der Waals surface area contributed by atoms with E-state index in [-0.39, 0.29) is 11.7 Å². The number of esters is 1. The molecule has 0 aliphatic heterocycles. The fraction of sp³-hybridized carbons (Fsp3) is 0.320. The van der Waals surface area contributed by atoms with Crippen LogP contribution in [-0.4, -0.2) is 42.5 Å². The third kappa shape index (κ3) is 4.69. The van der Waals surface area contributed by atoms with Crippen molar-refractivity contribution in [2.45, 2.75) is 32.2 Å². The van der Waals surface area contributed by atoms with Crippen LogP contribution in [0.3, 0.4) is 0 Å². The standard InChI is InChI=1S/C25H27N3O5/c1-16(20-14-18(31-2)12-13-22(20)32-3)26-23(29)15-33-25(30)24-19-10-7-11-21(19)28(27-24)17-8-5-4-6-9-17/h4-6,8-9,12-14,16H,7,10-11,15H2,1-3H3,(H,26,29). The minimum absolute atomic E-state index is 0.279. The van der Waals surface area contributed by atoms with E-state index in [0.717, 1.165) is 41.8 Å². The zero-order chi connectivity index (χ0) is 23.4. The molecular weight excluding hydrogens is 422 g/mol. The molecule has 8 heteroatoms. The molecule has 1 amide bonds. The van der Waals surface area contributed by atoms with Crippen molar-refractivity contribution in [3.8, 4) is 17.2 Å². The van der Waals surface area contributed by atoms with Gasteiger partial charge in [0.2, 0.25) is 0 Å². The monoisotopic (exact) mass is 449 g/mol. The SMILES string of the molecule is COc1ccc(OC)c(C(C)NC(=O)COC(=O)c2nn(-c3ccccc3)c3c2CCC3)c1. The number of carbonyl (C=O) groups excluding carboxylic acids is 2. The lowest BCUT2D eigenvalue weighted by atomic mass is 10.1. The summed E-state index contributed by atoms with van der Waals surface area (Å²) in [7, 11) is 3.14. The van der Waals surface area contributed by atoms with Crippen LogP contribution in [-0.2, 0) is 22.4 Å². The summed E-state index contributed by atoms with van der Waals surface area (Å²) in [6.45, 7) is 1.42. The number of amides is 1. The first-order valence-corrected chi connectivity index (χ1v) is 10.9. The second-order valence-corrected chi connectivity index (χ2v) is 7.85. The van der Waals surface area contributed by atoms with Crippen LogP contribution in [0.5, 0.6) is 11.5 Å². The Morgan fingerprint density at radius 3 is 2.61 bits per heavy atom. The molecular formula is C25H27N3O5. The van der Waals surface area contributed by atoms with Gasteiger partial charge in [-0.1, -0.05) is 18.2 Å². The lowest BCUT2D eigenvalue weighted by Crippen LogP contribution is -2.31. The van der Waals surface area contributed by atoms with Crippen LogP contribution >= 0.6 is 0 Å². The van der Waals surface area contributed by atoms with E-state index in [9.17, 15) is 9.59 Å². The van der Waals surface area contributed by atoms with Crippen molar-refractivity contribution in [3.63, 3.8) is 0 Å². The Kier molecular flexibility index (Phi) is 6.63. The van der Waals surface area contributed by atoms with E-state index >= 15 is 0 Å². The number of para-hydroxylation sites is 1. The summed E-state index contributed by atoms with van der Waals surface area (Å²) in [5, 5.41) is 7.35. The number of nitrogens with one attached hydrogen (secondary N) is 1. The first-order chi connectivity index (χ1) is 16.0. The summed E-state index contributed by atoms with van der Waals surface area (Å²) in [6, 6.07) is 14.7. The number of nitrogens with zero attached hydrogens (tertiary/aromatic N) is 2. The van der Waals surface area contributed by atoms with Gasteiger partial charge in [0.1, 0.15) is 11.5 Å².